The second-order valence-electron chi connectivity index (χ2n) is 3.68. The van der Waals surface area contributed by atoms with Gasteiger partial charge in [-0.3, -0.25) is 9.48 Å². The van der Waals surface area contributed by atoms with Crippen LogP contribution in [0.4, 0.5) is 0 Å². The Balaban J connectivity index is 2.95. The van der Waals surface area contributed by atoms with Gasteiger partial charge in [0.1, 0.15) is 5.78 Å². The summed E-state index contributed by atoms with van der Waals surface area (Å²) in [4.78, 5) is 11.0. The van der Waals surface area contributed by atoms with Crippen LogP contribution in [0.3, 0.4) is 0 Å². The minimum absolute atomic E-state index is 0.137. The summed E-state index contributed by atoms with van der Waals surface area (Å²) in [6.45, 7) is 7.57. The fourth-order valence-corrected chi connectivity index (χ4v) is 1.84. The van der Waals surface area contributed by atoms with E-state index in [-0.39, 0.29) is 11.8 Å². The molecule has 0 radical (unpaired) electrons. The fraction of sp³-hybridized carbons (Fsp3) is 0.600. The minimum Gasteiger partial charge on any atom is -0.300 e. The Bertz CT molecular complexity index is 357. The van der Waals surface area contributed by atoms with Gasteiger partial charge in [-0.25, -0.2) is 0 Å². The molecule has 1 atom stereocenters. The zero-order valence-corrected chi connectivity index (χ0v) is 10.6. The van der Waals surface area contributed by atoms with Gasteiger partial charge in [0.15, 0.2) is 0 Å². The second kappa shape index (κ2) is 4.26. The van der Waals surface area contributed by atoms with Crippen molar-refractivity contribution in [1.29, 1.82) is 0 Å². The zero-order chi connectivity index (χ0) is 10.9. The maximum absolute atomic E-state index is 11.0. The largest absolute Gasteiger partial charge is 0.300 e. The van der Waals surface area contributed by atoms with Gasteiger partial charge in [0.2, 0.25) is 0 Å². The molecule has 1 aromatic heterocycles. The molecule has 0 bridgehead atoms. The van der Waals surface area contributed by atoms with E-state index in [2.05, 4.69) is 21.0 Å². The predicted octanol–water partition coefficient (Wildman–Crippen LogP) is 2.80. The number of aromatic nitrogens is 2. The highest BCUT2D eigenvalue weighted by atomic mass is 79.9. The molecule has 4 heteroatoms. The summed E-state index contributed by atoms with van der Waals surface area (Å²) in [6, 6.07) is 0.137. The number of rotatable bonds is 3. The molecule has 0 N–H and O–H groups in total. The molecule has 0 aliphatic heterocycles. The molecule has 0 fully saturated rings. The lowest BCUT2D eigenvalue weighted by molar-refractivity contribution is -0.117. The quantitative estimate of drug-likeness (QED) is 0.836. The average molecular weight is 259 g/mol. The monoisotopic (exact) mass is 258 g/mol. The number of hydrogen-bond donors (Lipinski definition) is 0. The molecule has 0 aliphatic carbocycles. The molecule has 1 aromatic rings. The summed E-state index contributed by atoms with van der Waals surface area (Å²) >= 11 is 3.47. The van der Waals surface area contributed by atoms with Crippen molar-refractivity contribution in [3.63, 3.8) is 0 Å². The van der Waals surface area contributed by atoms with Crippen molar-refractivity contribution in [1.82, 2.24) is 9.78 Å². The molecular formula is C10H15BrN2O. The van der Waals surface area contributed by atoms with Crippen LogP contribution < -0.4 is 0 Å². The van der Waals surface area contributed by atoms with E-state index in [4.69, 9.17) is 0 Å². The van der Waals surface area contributed by atoms with Crippen LogP contribution in [0.2, 0.25) is 0 Å². The van der Waals surface area contributed by atoms with E-state index in [0.29, 0.717) is 6.42 Å². The molecule has 1 unspecified atom stereocenters. The smallest absolute Gasteiger partial charge is 0.131 e. The minimum atomic E-state index is 0.137. The SMILES string of the molecule is CC(=O)CC(C)n1nc(C)c(Br)c1C. The third-order valence-electron chi connectivity index (χ3n) is 2.24. The number of halogens is 1. The molecule has 0 spiro atoms. The summed E-state index contributed by atoms with van der Waals surface area (Å²) in [7, 11) is 0. The van der Waals surface area contributed by atoms with Crippen LogP contribution >= 0.6 is 15.9 Å². The van der Waals surface area contributed by atoms with Crippen LogP contribution in [-0.4, -0.2) is 15.6 Å². The van der Waals surface area contributed by atoms with Crippen molar-refractivity contribution in [2.75, 3.05) is 0 Å². The third-order valence-corrected chi connectivity index (χ3v) is 3.38. The Morgan fingerprint density at radius 1 is 1.57 bits per heavy atom. The topological polar surface area (TPSA) is 34.9 Å². The van der Waals surface area contributed by atoms with Gasteiger partial charge in [-0.05, 0) is 43.6 Å². The highest BCUT2D eigenvalue weighted by molar-refractivity contribution is 9.10. The molecule has 0 saturated carbocycles. The highest BCUT2D eigenvalue weighted by Crippen LogP contribution is 2.23. The fourth-order valence-electron chi connectivity index (χ4n) is 1.57. The number of carbonyl (C=O) groups is 1. The highest BCUT2D eigenvalue weighted by Gasteiger charge is 2.14. The Kier molecular flexibility index (Phi) is 3.48. The van der Waals surface area contributed by atoms with Crippen LogP contribution in [0.5, 0.6) is 0 Å². The number of Topliss-reactive ketones (excluding diaryl/α,β-unsaturated/α-hetero) is 1. The number of aryl methyl sites for hydroxylation is 1. The number of carbonyl (C=O) groups excluding carboxylic acids is 1. The van der Waals surface area contributed by atoms with Crippen LogP contribution in [-0.2, 0) is 4.79 Å². The second-order valence-corrected chi connectivity index (χ2v) is 4.48. The van der Waals surface area contributed by atoms with Crippen molar-refractivity contribution in [2.45, 2.75) is 40.2 Å². The van der Waals surface area contributed by atoms with Crippen molar-refractivity contribution in [2.24, 2.45) is 0 Å². The van der Waals surface area contributed by atoms with Crippen molar-refractivity contribution in [3.05, 3.63) is 15.9 Å². The lowest BCUT2D eigenvalue weighted by Crippen LogP contribution is -2.12. The molecule has 0 amide bonds. The molecule has 0 saturated heterocycles. The summed E-state index contributed by atoms with van der Waals surface area (Å²) in [6.07, 6.45) is 0.536. The Morgan fingerprint density at radius 3 is 2.50 bits per heavy atom. The molecule has 1 heterocycles. The van der Waals surface area contributed by atoms with Gasteiger partial charge in [0, 0.05) is 6.42 Å². The average Bonchev–Trinajstić information content (AvgIpc) is 2.32. The first-order valence-corrected chi connectivity index (χ1v) is 5.43. The summed E-state index contributed by atoms with van der Waals surface area (Å²) in [5.41, 5.74) is 2.05. The van der Waals surface area contributed by atoms with Crippen LogP contribution in [0.15, 0.2) is 4.47 Å². The summed E-state index contributed by atoms with van der Waals surface area (Å²) < 4.78 is 2.94. The zero-order valence-electron chi connectivity index (χ0n) is 8.97. The van der Waals surface area contributed by atoms with Gasteiger partial charge in [-0.1, -0.05) is 0 Å². The molecule has 78 valence electrons. The molecule has 0 aromatic carbocycles. The molecule has 14 heavy (non-hydrogen) atoms. The molecule has 0 aliphatic rings. The first-order valence-electron chi connectivity index (χ1n) is 4.64. The number of ketones is 1. The van der Waals surface area contributed by atoms with Gasteiger partial charge in [-0.2, -0.15) is 5.10 Å². The maximum atomic E-state index is 11.0. The first kappa shape index (κ1) is 11.4. The normalized spacial score (nSPS) is 12.9. The van der Waals surface area contributed by atoms with E-state index < -0.39 is 0 Å². The van der Waals surface area contributed by atoms with Gasteiger partial charge < -0.3 is 0 Å². The van der Waals surface area contributed by atoms with Crippen molar-refractivity contribution in [3.8, 4) is 0 Å². The predicted molar refractivity (Wildman–Crippen MR) is 59.4 cm³/mol. The summed E-state index contributed by atoms with van der Waals surface area (Å²) in [5.74, 6) is 0.196. The Hall–Kier alpha value is -0.640. The van der Waals surface area contributed by atoms with E-state index in [0.717, 1.165) is 15.9 Å². The van der Waals surface area contributed by atoms with Crippen molar-refractivity contribution >= 4 is 21.7 Å². The number of hydrogen-bond acceptors (Lipinski definition) is 2. The van der Waals surface area contributed by atoms with Gasteiger partial charge in [-0.15, -0.1) is 0 Å². The van der Waals surface area contributed by atoms with Crippen LogP contribution in [0.1, 0.15) is 37.7 Å². The summed E-state index contributed by atoms with van der Waals surface area (Å²) in [5, 5.41) is 4.38. The third kappa shape index (κ3) is 2.23. The van der Waals surface area contributed by atoms with Gasteiger partial charge in [0.25, 0.3) is 0 Å². The standard InChI is InChI=1S/C10H15BrN2O/c1-6(5-7(2)14)13-9(4)10(11)8(3)12-13/h6H,5H2,1-4H3. The van der Waals surface area contributed by atoms with Crippen LogP contribution in [0.25, 0.3) is 0 Å². The van der Waals surface area contributed by atoms with Gasteiger partial charge in [0.05, 0.1) is 21.9 Å². The number of nitrogens with zero attached hydrogens (tertiary/aromatic N) is 2. The lowest BCUT2D eigenvalue weighted by Gasteiger charge is -2.12. The van der Waals surface area contributed by atoms with E-state index in [1.165, 1.54) is 0 Å². The molecule has 3 nitrogen and oxygen atoms in total. The van der Waals surface area contributed by atoms with Gasteiger partial charge >= 0.3 is 0 Å². The molecule has 1 rings (SSSR count). The van der Waals surface area contributed by atoms with Crippen molar-refractivity contribution < 1.29 is 4.79 Å². The maximum Gasteiger partial charge on any atom is 0.131 e. The first-order chi connectivity index (χ1) is 6.43. The van der Waals surface area contributed by atoms with E-state index in [1.54, 1.807) is 6.92 Å². The Labute approximate surface area is 92.6 Å². The van der Waals surface area contributed by atoms with E-state index in [1.807, 2.05) is 25.5 Å². The molecular weight excluding hydrogens is 244 g/mol. The lowest BCUT2D eigenvalue weighted by atomic mass is 10.2. The van der Waals surface area contributed by atoms with Crippen LogP contribution in [0, 0.1) is 13.8 Å². The van der Waals surface area contributed by atoms with E-state index in [9.17, 15) is 4.79 Å². The van der Waals surface area contributed by atoms with E-state index >= 15 is 0 Å². The Morgan fingerprint density at radius 2 is 2.14 bits per heavy atom.